The second kappa shape index (κ2) is 10.1. The minimum atomic E-state index is 0.871. The van der Waals surface area contributed by atoms with Crippen molar-refractivity contribution in [2.24, 2.45) is 0 Å². The first-order valence-electron chi connectivity index (χ1n) is 16.0. The van der Waals surface area contributed by atoms with E-state index in [4.69, 9.17) is 4.42 Å². The summed E-state index contributed by atoms with van der Waals surface area (Å²) in [6.45, 7) is 0. The summed E-state index contributed by atoms with van der Waals surface area (Å²) in [6, 6.07) is 60.7. The average Bonchev–Trinajstić information content (AvgIpc) is 3.69. The standard InChI is InChI=1S/C44H28N2O/c1-2-15-32(16-3-1)45-38-20-9-8-18-37(38)42-39(45)21-11-22-40(42)46(33-26-24-29-12-4-5-14-31(29)28-33)41-23-10-19-35-36-27-25-30-13-6-7-17-34(30)43(36)47-44(35)41/h1-28H. The van der Waals surface area contributed by atoms with Crippen molar-refractivity contribution in [1.82, 2.24) is 4.57 Å². The first-order chi connectivity index (χ1) is 23.3. The largest absolute Gasteiger partial charge is 0.453 e. The summed E-state index contributed by atoms with van der Waals surface area (Å²) in [4.78, 5) is 2.39. The molecule has 0 saturated carbocycles. The van der Waals surface area contributed by atoms with Crippen molar-refractivity contribution in [2.45, 2.75) is 0 Å². The van der Waals surface area contributed by atoms with Gasteiger partial charge in [-0.05, 0) is 70.8 Å². The van der Waals surface area contributed by atoms with Crippen LogP contribution in [-0.2, 0) is 0 Å². The smallest absolute Gasteiger partial charge is 0.159 e. The zero-order chi connectivity index (χ0) is 30.9. The van der Waals surface area contributed by atoms with Crippen molar-refractivity contribution in [3.63, 3.8) is 0 Å². The summed E-state index contributed by atoms with van der Waals surface area (Å²) < 4.78 is 9.31. The van der Waals surface area contributed by atoms with Crippen molar-refractivity contribution in [1.29, 1.82) is 0 Å². The molecule has 0 spiro atoms. The number of nitrogens with zero attached hydrogens (tertiary/aromatic N) is 2. The Kier molecular flexibility index (Phi) is 5.57. The van der Waals surface area contributed by atoms with Crippen molar-refractivity contribution in [3.8, 4) is 5.69 Å². The van der Waals surface area contributed by atoms with Gasteiger partial charge in [0, 0.05) is 38.3 Å². The third-order valence-corrected chi connectivity index (χ3v) is 9.53. The molecule has 3 heteroatoms. The van der Waals surface area contributed by atoms with E-state index in [9.17, 15) is 0 Å². The SMILES string of the molecule is c1ccc(-n2c3ccccc3c3c(N(c4ccc5ccccc5c4)c4cccc5c4oc4c6ccccc6ccc54)cccc32)cc1. The lowest BCUT2D eigenvalue weighted by Gasteiger charge is -2.27. The number of anilines is 3. The van der Waals surface area contributed by atoms with Gasteiger partial charge >= 0.3 is 0 Å². The number of aromatic nitrogens is 1. The molecule has 3 nitrogen and oxygen atoms in total. The molecule has 0 aliphatic rings. The molecule has 0 N–H and O–H groups in total. The molecule has 220 valence electrons. The van der Waals surface area contributed by atoms with E-state index in [1.54, 1.807) is 0 Å². The van der Waals surface area contributed by atoms with Crippen LogP contribution < -0.4 is 4.90 Å². The molecule has 8 aromatic carbocycles. The van der Waals surface area contributed by atoms with Gasteiger partial charge in [0.15, 0.2) is 5.58 Å². The molecule has 0 aliphatic carbocycles. The molecular formula is C44H28N2O. The Labute approximate surface area is 271 Å². The van der Waals surface area contributed by atoms with Gasteiger partial charge in [0.25, 0.3) is 0 Å². The number of furan rings is 1. The highest BCUT2D eigenvalue weighted by molar-refractivity contribution is 6.20. The molecule has 0 bridgehead atoms. The number of hydrogen-bond donors (Lipinski definition) is 0. The Morgan fingerprint density at radius 1 is 0.404 bits per heavy atom. The third kappa shape index (κ3) is 3.87. The first kappa shape index (κ1) is 26.0. The zero-order valence-corrected chi connectivity index (χ0v) is 25.5. The minimum Gasteiger partial charge on any atom is -0.453 e. The number of rotatable bonds is 4. The van der Waals surface area contributed by atoms with Gasteiger partial charge in [-0.25, -0.2) is 0 Å². The predicted octanol–water partition coefficient (Wildman–Crippen LogP) is 12.5. The lowest BCUT2D eigenvalue weighted by Crippen LogP contribution is -2.10. The summed E-state index contributed by atoms with van der Waals surface area (Å²) in [6.07, 6.45) is 0. The maximum absolute atomic E-state index is 6.94. The van der Waals surface area contributed by atoms with E-state index in [0.29, 0.717) is 0 Å². The number of fused-ring (bicyclic) bond motifs is 9. The molecular weight excluding hydrogens is 572 g/mol. The minimum absolute atomic E-state index is 0.871. The summed E-state index contributed by atoms with van der Waals surface area (Å²) in [5, 5.41) is 9.32. The van der Waals surface area contributed by atoms with E-state index >= 15 is 0 Å². The van der Waals surface area contributed by atoms with Crippen LogP contribution in [0, 0.1) is 0 Å². The Balaban J connectivity index is 1.33. The molecule has 0 aliphatic heterocycles. The topological polar surface area (TPSA) is 21.3 Å². The quantitative estimate of drug-likeness (QED) is 0.200. The molecule has 2 heterocycles. The summed E-state index contributed by atoms with van der Waals surface area (Å²) in [7, 11) is 0. The Morgan fingerprint density at radius 3 is 1.94 bits per heavy atom. The lowest BCUT2D eigenvalue weighted by molar-refractivity contribution is 0.673. The normalized spacial score (nSPS) is 11.8. The highest BCUT2D eigenvalue weighted by atomic mass is 16.3. The molecule has 0 radical (unpaired) electrons. The number of hydrogen-bond acceptors (Lipinski definition) is 2. The Bertz CT molecular complexity index is 2810. The fraction of sp³-hybridized carbons (Fsp3) is 0. The lowest BCUT2D eigenvalue weighted by atomic mass is 10.0. The summed E-state index contributed by atoms with van der Waals surface area (Å²) >= 11 is 0. The number of benzene rings is 8. The van der Waals surface area contributed by atoms with E-state index in [1.807, 2.05) is 0 Å². The van der Waals surface area contributed by atoms with Crippen LogP contribution in [-0.4, -0.2) is 4.57 Å². The van der Waals surface area contributed by atoms with E-state index in [1.165, 1.54) is 32.4 Å². The third-order valence-electron chi connectivity index (χ3n) is 9.53. The molecule has 0 unspecified atom stereocenters. The van der Waals surface area contributed by atoms with Gasteiger partial charge in [-0.15, -0.1) is 0 Å². The van der Waals surface area contributed by atoms with Gasteiger partial charge in [0.2, 0.25) is 0 Å². The first-order valence-corrected chi connectivity index (χ1v) is 16.0. The van der Waals surface area contributed by atoms with E-state index in [-0.39, 0.29) is 0 Å². The summed E-state index contributed by atoms with van der Waals surface area (Å²) in [5.74, 6) is 0. The molecule has 0 atom stereocenters. The van der Waals surface area contributed by atoms with Crippen LogP contribution in [0.3, 0.4) is 0 Å². The van der Waals surface area contributed by atoms with Crippen LogP contribution in [0.5, 0.6) is 0 Å². The molecule has 10 aromatic rings. The molecule has 47 heavy (non-hydrogen) atoms. The number of para-hydroxylation sites is 3. The predicted molar refractivity (Wildman–Crippen MR) is 198 cm³/mol. The highest BCUT2D eigenvalue weighted by Gasteiger charge is 2.24. The Hall–Kier alpha value is -6.32. The van der Waals surface area contributed by atoms with Crippen molar-refractivity contribution in [2.75, 3.05) is 4.90 Å². The van der Waals surface area contributed by atoms with Crippen molar-refractivity contribution < 1.29 is 4.42 Å². The van der Waals surface area contributed by atoms with Crippen molar-refractivity contribution >= 4 is 82.4 Å². The zero-order valence-electron chi connectivity index (χ0n) is 25.5. The van der Waals surface area contributed by atoms with E-state index in [2.05, 4.69) is 179 Å². The Morgan fingerprint density at radius 2 is 1.04 bits per heavy atom. The van der Waals surface area contributed by atoms with Crippen LogP contribution in [0.15, 0.2) is 174 Å². The van der Waals surface area contributed by atoms with Crippen LogP contribution in [0.4, 0.5) is 17.1 Å². The summed E-state index contributed by atoms with van der Waals surface area (Å²) in [5.41, 5.74) is 8.43. The average molecular weight is 601 g/mol. The maximum Gasteiger partial charge on any atom is 0.159 e. The van der Waals surface area contributed by atoms with Crippen molar-refractivity contribution in [3.05, 3.63) is 170 Å². The van der Waals surface area contributed by atoms with Gasteiger partial charge in [-0.2, -0.15) is 0 Å². The highest BCUT2D eigenvalue weighted by Crippen LogP contribution is 2.47. The molecule has 0 amide bonds. The van der Waals surface area contributed by atoms with E-state index < -0.39 is 0 Å². The van der Waals surface area contributed by atoms with Gasteiger partial charge in [-0.1, -0.05) is 115 Å². The molecule has 10 rings (SSSR count). The van der Waals surface area contributed by atoms with E-state index in [0.717, 1.165) is 55.6 Å². The van der Waals surface area contributed by atoms with Crippen LogP contribution in [0.1, 0.15) is 0 Å². The van der Waals surface area contributed by atoms with Gasteiger partial charge in [0.05, 0.1) is 22.4 Å². The second-order valence-corrected chi connectivity index (χ2v) is 12.1. The van der Waals surface area contributed by atoms with Gasteiger partial charge in [-0.3, -0.25) is 0 Å². The van der Waals surface area contributed by atoms with Gasteiger partial charge < -0.3 is 13.9 Å². The van der Waals surface area contributed by atoms with Crippen LogP contribution >= 0.6 is 0 Å². The monoisotopic (exact) mass is 600 g/mol. The molecule has 0 fully saturated rings. The maximum atomic E-state index is 6.94. The van der Waals surface area contributed by atoms with Crippen LogP contribution in [0.25, 0.3) is 71.0 Å². The second-order valence-electron chi connectivity index (χ2n) is 12.1. The fourth-order valence-electron chi connectivity index (χ4n) is 7.45. The molecule has 2 aromatic heterocycles. The van der Waals surface area contributed by atoms with Crippen LogP contribution in [0.2, 0.25) is 0 Å². The molecule has 0 saturated heterocycles. The fourth-order valence-corrected chi connectivity index (χ4v) is 7.45. The van der Waals surface area contributed by atoms with Gasteiger partial charge in [0.1, 0.15) is 5.58 Å².